The maximum atomic E-state index is 11.0. The third-order valence-corrected chi connectivity index (χ3v) is 3.27. The third-order valence-electron chi connectivity index (χ3n) is 2.38. The van der Waals surface area contributed by atoms with E-state index in [9.17, 15) is 14.9 Å². The highest BCUT2D eigenvalue weighted by Gasteiger charge is 2.18. The van der Waals surface area contributed by atoms with Gasteiger partial charge in [-0.25, -0.2) is 4.79 Å². The van der Waals surface area contributed by atoms with Crippen molar-refractivity contribution in [1.29, 1.82) is 0 Å². The first-order valence-corrected chi connectivity index (χ1v) is 6.21. The molecule has 8 heteroatoms. The summed E-state index contributed by atoms with van der Waals surface area (Å²) in [7, 11) is 1.40. The monoisotopic (exact) mass is 295 g/mol. The van der Waals surface area contributed by atoms with Gasteiger partial charge in [-0.1, -0.05) is 0 Å². The number of rotatable bonds is 5. The number of hydrogen-bond acceptors (Lipinski definition) is 6. The molecule has 0 aliphatic rings. The average molecular weight is 295 g/mol. The fourth-order valence-electron chi connectivity index (χ4n) is 1.46. The first-order chi connectivity index (χ1) is 9.51. The summed E-state index contributed by atoms with van der Waals surface area (Å²) in [6.45, 7) is 0. The van der Waals surface area contributed by atoms with Crippen LogP contribution in [-0.4, -0.2) is 23.1 Å². The van der Waals surface area contributed by atoms with E-state index in [0.717, 1.165) is 11.3 Å². The number of carboxylic acid groups (broad SMARTS) is 1. The van der Waals surface area contributed by atoms with E-state index in [1.54, 1.807) is 0 Å². The van der Waals surface area contributed by atoms with Crippen molar-refractivity contribution in [2.24, 2.45) is 0 Å². The largest absolute Gasteiger partial charge is 0.496 e. The lowest BCUT2D eigenvalue weighted by molar-refractivity contribution is -0.385. The van der Waals surface area contributed by atoms with Gasteiger partial charge >= 0.3 is 11.7 Å². The van der Waals surface area contributed by atoms with E-state index in [2.05, 4.69) is 0 Å². The summed E-state index contributed by atoms with van der Waals surface area (Å²) in [5.41, 5.74) is -0.257. The van der Waals surface area contributed by atoms with Crippen LogP contribution in [-0.2, 0) is 0 Å². The summed E-state index contributed by atoms with van der Waals surface area (Å²) in [5, 5.41) is 21.2. The van der Waals surface area contributed by atoms with Gasteiger partial charge in [0.25, 0.3) is 0 Å². The summed E-state index contributed by atoms with van der Waals surface area (Å²) in [6.07, 6.45) is 0. The minimum atomic E-state index is -1.07. The van der Waals surface area contributed by atoms with Gasteiger partial charge in [0.15, 0.2) is 0 Å². The van der Waals surface area contributed by atoms with Gasteiger partial charge in [-0.15, -0.1) is 11.3 Å². The first kappa shape index (κ1) is 13.8. The molecule has 0 aliphatic heterocycles. The van der Waals surface area contributed by atoms with E-state index < -0.39 is 10.9 Å². The molecule has 0 atom stereocenters. The van der Waals surface area contributed by atoms with Gasteiger partial charge in [-0.05, 0) is 12.1 Å². The number of carboxylic acids is 1. The van der Waals surface area contributed by atoms with E-state index in [1.807, 2.05) is 0 Å². The number of benzene rings is 1. The second-order valence-corrected chi connectivity index (χ2v) is 4.56. The highest BCUT2D eigenvalue weighted by atomic mass is 32.1. The molecule has 0 saturated heterocycles. The van der Waals surface area contributed by atoms with Crippen molar-refractivity contribution in [2.45, 2.75) is 0 Å². The Labute approximate surface area is 117 Å². The van der Waals surface area contributed by atoms with Crippen LogP contribution < -0.4 is 9.47 Å². The van der Waals surface area contributed by atoms with Crippen LogP contribution in [0.4, 0.5) is 5.69 Å². The molecule has 0 bridgehead atoms. The topological polar surface area (TPSA) is 98.9 Å². The molecule has 1 aromatic heterocycles. The minimum Gasteiger partial charge on any atom is -0.496 e. The molecule has 1 N–H and O–H groups in total. The number of aromatic carboxylic acids is 1. The Morgan fingerprint density at radius 1 is 1.35 bits per heavy atom. The number of methoxy groups -OCH3 is 1. The maximum Gasteiger partial charge on any atom is 0.346 e. The maximum absolute atomic E-state index is 11.0. The number of nitrogens with zero attached hydrogens (tertiary/aromatic N) is 1. The van der Waals surface area contributed by atoms with Gasteiger partial charge in [-0.2, -0.15) is 0 Å². The van der Waals surface area contributed by atoms with Crippen molar-refractivity contribution in [2.75, 3.05) is 7.11 Å². The van der Waals surface area contributed by atoms with Crippen LogP contribution >= 0.6 is 11.3 Å². The lowest BCUT2D eigenvalue weighted by Crippen LogP contribution is -1.94. The quantitative estimate of drug-likeness (QED) is 0.672. The molecule has 20 heavy (non-hydrogen) atoms. The fraction of sp³-hybridized carbons (Fsp3) is 0.0833. The van der Waals surface area contributed by atoms with Crippen LogP contribution in [0.3, 0.4) is 0 Å². The van der Waals surface area contributed by atoms with Crippen LogP contribution in [0, 0.1) is 10.1 Å². The van der Waals surface area contributed by atoms with Gasteiger partial charge in [0.2, 0.25) is 5.75 Å². The van der Waals surface area contributed by atoms with Crippen molar-refractivity contribution in [3.8, 4) is 17.2 Å². The fourth-order valence-corrected chi connectivity index (χ4v) is 2.11. The van der Waals surface area contributed by atoms with Crippen LogP contribution in [0.5, 0.6) is 17.2 Å². The Bertz CT molecular complexity index is 666. The summed E-state index contributed by atoms with van der Waals surface area (Å²) >= 11 is 0.980. The summed E-state index contributed by atoms with van der Waals surface area (Å²) in [4.78, 5) is 21.2. The van der Waals surface area contributed by atoms with E-state index >= 15 is 0 Å². The molecular weight excluding hydrogens is 286 g/mol. The molecule has 0 saturated carbocycles. The van der Waals surface area contributed by atoms with Gasteiger partial charge in [0.05, 0.1) is 18.1 Å². The van der Waals surface area contributed by atoms with Gasteiger partial charge in [0, 0.05) is 11.4 Å². The van der Waals surface area contributed by atoms with Crippen LogP contribution in [0.2, 0.25) is 0 Å². The first-order valence-electron chi connectivity index (χ1n) is 5.33. The van der Waals surface area contributed by atoms with E-state index in [0.29, 0.717) is 5.75 Å². The molecule has 2 aromatic rings. The molecule has 1 heterocycles. The van der Waals surface area contributed by atoms with Crippen molar-refractivity contribution < 1.29 is 24.3 Å². The highest BCUT2D eigenvalue weighted by molar-refractivity contribution is 7.12. The predicted molar refractivity (Wildman–Crippen MR) is 71.0 cm³/mol. The predicted octanol–water partition coefficient (Wildman–Crippen LogP) is 3.16. The van der Waals surface area contributed by atoms with Crippen molar-refractivity contribution in [3.63, 3.8) is 0 Å². The highest BCUT2D eigenvalue weighted by Crippen LogP contribution is 2.35. The molecule has 0 fully saturated rings. The molecule has 104 valence electrons. The summed E-state index contributed by atoms with van der Waals surface area (Å²) in [6, 6.07) is 5.46. The molecule has 0 amide bonds. The Kier molecular flexibility index (Phi) is 3.85. The SMILES string of the molecule is COc1ccc(Oc2csc(C(=O)O)c2)c([N+](=O)[O-])c1. The van der Waals surface area contributed by atoms with Gasteiger partial charge in [0.1, 0.15) is 16.4 Å². The van der Waals surface area contributed by atoms with Gasteiger partial charge < -0.3 is 14.6 Å². The van der Waals surface area contributed by atoms with Crippen LogP contribution in [0.25, 0.3) is 0 Å². The molecule has 0 radical (unpaired) electrons. The van der Waals surface area contributed by atoms with Crippen molar-refractivity contribution in [3.05, 3.63) is 44.6 Å². The van der Waals surface area contributed by atoms with E-state index in [4.69, 9.17) is 14.6 Å². The number of thiophene rings is 1. The Hall–Kier alpha value is -2.61. The number of hydrogen-bond donors (Lipinski definition) is 1. The second kappa shape index (κ2) is 5.57. The minimum absolute atomic E-state index is 0.0190. The lowest BCUT2D eigenvalue weighted by atomic mass is 10.3. The van der Waals surface area contributed by atoms with Crippen LogP contribution in [0.1, 0.15) is 9.67 Å². The standard InChI is InChI=1S/C12H9NO6S/c1-18-7-2-3-10(9(4-7)13(16)17)19-8-5-11(12(14)15)20-6-8/h2-6H,1H3,(H,14,15). The van der Waals surface area contributed by atoms with E-state index in [-0.39, 0.29) is 22.1 Å². The third kappa shape index (κ3) is 2.86. The zero-order valence-electron chi connectivity index (χ0n) is 10.2. The van der Waals surface area contributed by atoms with Crippen LogP contribution in [0.15, 0.2) is 29.6 Å². The Morgan fingerprint density at radius 3 is 2.65 bits per heavy atom. The summed E-state index contributed by atoms with van der Waals surface area (Å²) in [5.74, 6) is -0.485. The number of ether oxygens (including phenoxy) is 2. The number of nitro benzene ring substituents is 1. The molecule has 1 aromatic carbocycles. The molecular formula is C12H9NO6S. The van der Waals surface area contributed by atoms with E-state index in [1.165, 1.54) is 36.8 Å². The Balaban J connectivity index is 2.32. The molecule has 0 unspecified atom stereocenters. The smallest absolute Gasteiger partial charge is 0.346 e. The normalized spacial score (nSPS) is 10.1. The van der Waals surface area contributed by atoms with Crippen molar-refractivity contribution >= 4 is 23.0 Å². The van der Waals surface area contributed by atoms with Gasteiger partial charge in [-0.3, -0.25) is 10.1 Å². The Morgan fingerprint density at radius 2 is 2.10 bits per heavy atom. The number of nitro groups is 1. The lowest BCUT2D eigenvalue weighted by Gasteiger charge is -2.05. The number of carbonyl (C=O) groups is 1. The average Bonchev–Trinajstić information content (AvgIpc) is 2.87. The van der Waals surface area contributed by atoms with Crippen molar-refractivity contribution in [1.82, 2.24) is 0 Å². The zero-order chi connectivity index (χ0) is 14.7. The zero-order valence-corrected chi connectivity index (χ0v) is 11.0. The summed E-state index contributed by atoms with van der Waals surface area (Å²) < 4.78 is 10.3. The molecule has 7 nitrogen and oxygen atoms in total. The second-order valence-electron chi connectivity index (χ2n) is 3.64. The molecule has 0 aliphatic carbocycles. The molecule has 0 spiro atoms. The molecule has 2 rings (SSSR count).